The lowest BCUT2D eigenvalue weighted by Gasteiger charge is -1.87. The summed E-state index contributed by atoms with van der Waals surface area (Å²) in [7, 11) is 0. The van der Waals surface area contributed by atoms with Crippen molar-refractivity contribution in [2.24, 2.45) is 0 Å². The minimum atomic E-state index is -1.09. The fraction of sp³-hybridized carbons (Fsp3) is 0.0667. The van der Waals surface area contributed by atoms with Gasteiger partial charge in [-0.3, -0.25) is 4.79 Å². The fourth-order valence-corrected chi connectivity index (χ4v) is 0.923. The zero-order valence-electron chi connectivity index (χ0n) is 10.3. The molecule has 1 aromatic rings. The molecule has 0 radical (unpaired) electrons. The first-order valence-corrected chi connectivity index (χ1v) is 5.26. The molecule has 1 aromatic carbocycles. The molecular weight excluding hydrogens is 228 g/mol. The fourth-order valence-electron chi connectivity index (χ4n) is 0.923. The number of ketones is 1. The first-order valence-electron chi connectivity index (χ1n) is 5.26. The van der Waals surface area contributed by atoms with E-state index in [1.165, 1.54) is 12.5 Å². The predicted octanol–water partition coefficient (Wildman–Crippen LogP) is 3.10. The topological polar surface area (TPSA) is 54.4 Å². The molecule has 94 valence electrons. The van der Waals surface area contributed by atoms with Crippen LogP contribution in [0.5, 0.6) is 0 Å². The number of carboxylic acids is 1. The largest absolute Gasteiger partial charge is 0.478 e. The average molecular weight is 244 g/mol. The third-order valence-electron chi connectivity index (χ3n) is 1.93. The molecule has 0 heterocycles. The summed E-state index contributed by atoms with van der Waals surface area (Å²) in [6, 6.07) is 10.0. The Bertz CT molecular complexity index is 456. The number of hydrogen-bond donors (Lipinski definition) is 1. The number of allylic oxidation sites excluding steroid dienone is 2. The first-order chi connectivity index (χ1) is 8.51. The molecule has 0 fully saturated rings. The maximum Gasteiger partial charge on any atom is 0.331 e. The van der Waals surface area contributed by atoms with Crippen molar-refractivity contribution >= 4 is 17.8 Å². The lowest BCUT2D eigenvalue weighted by atomic mass is 10.2. The Balaban J connectivity index is 0.000000327. The van der Waals surface area contributed by atoms with Gasteiger partial charge in [0.15, 0.2) is 5.78 Å². The summed E-state index contributed by atoms with van der Waals surface area (Å²) in [5.74, 6) is -1.48. The lowest BCUT2D eigenvalue weighted by molar-refractivity contribution is -0.132. The van der Waals surface area contributed by atoms with Crippen LogP contribution in [0.3, 0.4) is 0 Å². The monoisotopic (exact) mass is 244 g/mol. The molecule has 0 saturated heterocycles. The Hall–Kier alpha value is -2.42. The third kappa shape index (κ3) is 6.95. The first kappa shape index (κ1) is 15.6. The van der Waals surface area contributed by atoms with Crippen LogP contribution in [0.25, 0.3) is 6.08 Å². The second-order valence-corrected chi connectivity index (χ2v) is 3.35. The minimum Gasteiger partial charge on any atom is -0.478 e. The van der Waals surface area contributed by atoms with E-state index in [1.807, 2.05) is 36.4 Å². The summed E-state index contributed by atoms with van der Waals surface area (Å²) >= 11 is 0. The van der Waals surface area contributed by atoms with Gasteiger partial charge in [-0.2, -0.15) is 0 Å². The van der Waals surface area contributed by atoms with Crippen molar-refractivity contribution in [1.82, 2.24) is 0 Å². The van der Waals surface area contributed by atoms with E-state index in [4.69, 9.17) is 5.11 Å². The quantitative estimate of drug-likeness (QED) is 0.828. The Labute approximate surface area is 107 Å². The van der Waals surface area contributed by atoms with E-state index in [0.29, 0.717) is 0 Å². The van der Waals surface area contributed by atoms with Gasteiger partial charge < -0.3 is 5.11 Å². The van der Waals surface area contributed by atoms with Crippen molar-refractivity contribution in [2.75, 3.05) is 0 Å². The standard InChI is InChI=1S/C8H8.C7H8O3/c1-2-8-6-4-3-5-7-8;1-3-6(8)4-5(2)7(9)10/h2-7H,1H2;3-4H,1H2,2H3,(H,9,10). The van der Waals surface area contributed by atoms with Crippen LogP contribution in [-0.4, -0.2) is 16.9 Å². The lowest BCUT2D eigenvalue weighted by Crippen LogP contribution is -1.98. The van der Waals surface area contributed by atoms with E-state index in [2.05, 4.69) is 13.2 Å². The van der Waals surface area contributed by atoms with E-state index in [0.717, 1.165) is 12.2 Å². The van der Waals surface area contributed by atoms with Crippen molar-refractivity contribution in [2.45, 2.75) is 6.92 Å². The van der Waals surface area contributed by atoms with Gasteiger partial charge in [0.1, 0.15) is 0 Å². The minimum absolute atomic E-state index is 0.0184. The Morgan fingerprint density at radius 2 is 1.72 bits per heavy atom. The van der Waals surface area contributed by atoms with Crippen LogP contribution in [0.4, 0.5) is 0 Å². The third-order valence-corrected chi connectivity index (χ3v) is 1.93. The van der Waals surface area contributed by atoms with Crippen molar-refractivity contribution in [3.63, 3.8) is 0 Å². The van der Waals surface area contributed by atoms with Gasteiger partial charge in [0, 0.05) is 5.57 Å². The van der Waals surface area contributed by atoms with E-state index in [9.17, 15) is 9.59 Å². The molecule has 0 aliphatic carbocycles. The molecule has 1 rings (SSSR count). The Morgan fingerprint density at radius 3 is 2.06 bits per heavy atom. The van der Waals surface area contributed by atoms with Crippen LogP contribution < -0.4 is 0 Å². The summed E-state index contributed by atoms with van der Waals surface area (Å²) < 4.78 is 0. The molecule has 0 saturated carbocycles. The number of carbonyl (C=O) groups excluding carboxylic acids is 1. The number of rotatable bonds is 4. The number of carboxylic acid groups (broad SMARTS) is 1. The zero-order chi connectivity index (χ0) is 14.0. The van der Waals surface area contributed by atoms with E-state index >= 15 is 0 Å². The molecular formula is C15H16O3. The molecule has 18 heavy (non-hydrogen) atoms. The van der Waals surface area contributed by atoms with Crippen molar-refractivity contribution in [3.8, 4) is 0 Å². The van der Waals surface area contributed by atoms with Gasteiger partial charge in [0.05, 0.1) is 0 Å². The van der Waals surface area contributed by atoms with Crippen molar-refractivity contribution < 1.29 is 14.7 Å². The van der Waals surface area contributed by atoms with Crippen LogP contribution >= 0.6 is 0 Å². The summed E-state index contributed by atoms with van der Waals surface area (Å²) in [6.45, 7) is 8.17. The molecule has 3 heteroatoms. The smallest absolute Gasteiger partial charge is 0.331 e. The molecule has 0 spiro atoms. The van der Waals surface area contributed by atoms with Gasteiger partial charge in [0.2, 0.25) is 0 Å². The highest BCUT2D eigenvalue weighted by Gasteiger charge is 2.00. The van der Waals surface area contributed by atoms with Crippen molar-refractivity contribution in [1.29, 1.82) is 0 Å². The maximum atomic E-state index is 10.5. The van der Waals surface area contributed by atoms with Crippen LogP contribution in [0.2, 0.25) is 0 Å². The predicted molar refractivity (Wildman–Crippen MR) is 73.1 cm³/mol. The van der Waals surface area contributed by atoms with Gasteiger partial charge in [-0.15, -0.1) is 0 Å². The molecule has 0 atom stereocenters. The highest BCUT2D eigenvalue weighted by atomic mass is 16.4. The summed E-state index contributed by atoms with van der Waals surface area (Å²) in [6.07, 6.45) is 3.92. The average Bonchev–Trinajstić information content (AvgIpc) is 2.40. The summed E-state index contributed by atoms with van der Waals surface area (Å²) in [4.78, 5) is 20.6. The van der Waals surface area contributed by atoms with Crippen LogP contribution in [0.15, 0.2) is 61.2 Å². The second kappa shape index (κ2) is 8.70. The van der Waals surface area contributed by atoms with E-state index < -0.39 is 5.97 Å². The van der Waals surface area contributed by atoms with E-state index in [-0.39, 0.29) is 11.4 Å². The van der Waals surface area contributed by atoms with E-state index in [1.54, 1.807) is 0 Å². The number of aliphatic carboxylic acids is 1. The van der Waals surface area contributed by atoms with Gasteiger partial charge in [-0.05, 0) is 24.6 Å². The van der Waals surface area contributed by atoms with Gasteiger partial charge >= 0.3 is 5.97 Å². The van der Waals surface area contributed by atoms with Gasteiger partial charge in [-0.1, -0.05) is 49.6 Å². The summed E-state index contributed by atoms with van der Waals surface area (Å²) in [5, 5.41) is 8.27. The highest BCUT2D eigenvalue weighted by molar-refractivity contribution is 6.03. The zero-order valence-corrected chi connectivity index (χ0v) is 10.3. The highest BCUT2D eigenvalue weighted by Crippen LogP contribution is 1.97. The van der Waals surface area contributed by atoms with Crippen LogP contribution in [0.1, 0.15) is 12.5 Å². The molecule has 0 aliphatic heterocycles. The second-order valence-electron chi connectivity index (χ2n) is 3.35. The Morgan fingerprint density at radius 1 is 1.17 bits per heavy atom. The molecule has 0 aromatic heterocycles. The van der Waals surface area contributed by atoms with Gasteiger partial charge in [-0.25, -0.2) is 4.79 Å². The normalized spacial score (nSPS) is 9.72. The number of hydrogen-bond acceptors (Lipinski definition) is 2. The Kier molecular flexibility index (Phi) is 7.53. The van der Waals surface area contributed by atoms with Crippen LogP contribution in [0, 0.1) is 0 Å². The van der Waals surface area contributed by atoms with Crippen LogP contribution in [-0.2, 0) is 9.59 Å². The van der Waals surface area contributed by atoms with Crippen molar-refractivity contribution in [3.05, 3.63) is 66.8 Å². The van der Waals surface area contributed by atoms with Gasteiger partial charge in [0.25, 0.3) is 0 Å². The number of benzene rings is 1. The molecule has 0 bridgehead atoms. The molecule has 0 aliphatic rings. The summed E-state index contributed by atoms with van der Waals surface area (Å²) in [5.41, 5.74) is 1.19. The molecule has 3 nitrogen and oxygen atoms in total. The maximum absolute atomic E-state index is 10.5. The molecule has 0 amide bonds. The molecule has 1 N–H and O–H groups in total. The number of carbonyl (C=O) groups is 2. The SMILES string of the molecule is C=CC(=O)C=C(C)C(=O)O.C=Cc1ccccc1. The molecule has 0 unspecified atom stereocenters.